The van der Waals surface area contributed by atoms with Gasteiger partial charge >= 0.3 is 5.97 Å². The lowest BCUT2D eigenvalue weighted by Crippen LogP contribution is -2.27. The molecule has 0 radical (unpaired) electrons. The third-order valence-electron chi connectivity index (χ3n) is 5.13. The molecule has 0 saturated carbocycles. The minimum absolute atomic E-state index is 0.0425. The van der Waals surface area contributed by atoms with Crippen molar-refractivity contribution in [2.75, 3.05) is 12.4 Å². The average Bonchev–Trinajstić information content (AvgIpc) is 2.65. The lowest BCUT2D eigenvalue weighted by atomic mass is 9.80. The quantitative estimate of drug-likeness (QED) is 0.538. The summed E-state index contributed by atoms with van der Waals surface area (Å²) >= 11 is 0. The maximum atomic E-state index is 12.3. The molecule has 4 heteroatoms. The first-order valence-electron chi connectivity index (χ1n) is 9.30. The fourth-order valence-corrected chi connectivity index (χ4v) is 5.07. The Hall–Kier alpha value is -2.20. The predicted octanol–water partition coefficient (Wildman–Crippen LogP) is 5.21. The van der Waals surface area contributed by atoms with Crippen LogP contribution in [0.3, 0.4) is 0 Å². The van der Waals surface area contributed by atoms with Crippen molar-refractivity contribution in [3.63, 3.8) is 0 Å². The predicted molar refractivity (Wildman–Crippen MR) is 111 cm³/mol. The second-order valence-electron chi connectivity index (χ2n) is 7.56. The zero-order valence-electron chi connectivity index (χ0n) is 16.4. The molecule has 1 atom stereocenters. The molecule has 1 heterocycles. The first kappa shape index (κ1) is 19.6. The van der Waals surface area contributed by atoms with Gasteiger partial charge in [0.1, 0.15) is 0 Å². The molecule has 0 aromatic heterocycles. The number of hydrogen-bond acceptors (Lipinski definition) is 3. The molecule has 1 aliphatic rings. The number of fused-ring (bicyclic) bond motifs is 1. The van der Waals surface area contributed by atoms with E-state index in [1.165, 1.54) is 5.56 Å². The van der Waals surface area contributed by atoms with Gasteiger partial charge in [-0.25, -0.2) is 4.79 Å². The largest absolute Gasteiger partial charge is 0.462 e. The molecule has 0 N–H and O–H groups in total. The van der Waals surface area contributed by atoms with Crippen LogP contribution in [0, 0.1) is 0 Å². The zero-order valence-corrected chi connectivity index (χ0v) is 17.2. The van der Waals surface area contributed by atoms with Crippen molar-refractivity contribution in [3.8, 4) is 0 Å². The summed E-state index contributed by atoms with van der Waals surface area (Å²) in [5, 5.41) is 0. The van der Waals surface area contributed by atoms with Crippen molar-refractivity contribution in [1.82, 2.24) is 0 Å². The van der Waals surface area contributed by atoms with Gasteiger partial charge in [0.15, 0.2) is 0 Å². The Balaban J connectivity index is 1.89. The molecule has 0 amide bonds. The fraction of sp³-hybridized carbons (Fsp3) is 0.348. The summed E-state index contributed by atoms with van der Waals surface area (Å²) in [6.45, 7) is 8.69. The number of allylic oxidation sites excluding steroid dienone is 1. The van der Waals surface area contributed by atoms with Crippen LogP contribution in [0.15, 0.2) is 47.4 Å². The molecule has 2 aromatic rings. The highest BCUT2D eigenvalue weighted by Gasteiger charge is 2.31. The van der Waals surface area contributed by atoms with E-state index in [-0.39, 0.29) is 11.4 Å². The summed E-state index contributed by atoms with van der Waals surface area (Å²) < 4.78 is 17.4. The van der Waals surface area contributed by atoms with Gasteiger partial charge in [0.05, 0.1) is 23.0 Å². The second kappa shape index (κ2) is 7.81. The van der Waals surface area contributed by atoms with Crippen LogP contribution < -0.4 is 0 Å². The molecule has 0 spiro atoms. The van der Waals surface area contributed by atoms with E-state index >= 15 is 0 Å². The van der Waals surface area contributed by atoms with Gasteiger partial charge in [0.2, 0.25) is 0 Å². The van der Waals surface area contributed by atoms with Crippen molar-refractivity contribution < 1.29 is 13.7 Å². The number of carbonyl (C=O) groups excluding carboxylic acids is 1. The van der Waals surface area contributed by atoms with E-state index in [9.17, 15) is 9.00 Å². The van der Waals surface area contributed by atoms with E-state index < -0.39 is 10.8 Å². The van der Waals surface area contributed by atoms with Crippen molar-refractivity contribution >= 4 is 28.4 Å². The molecule has 0 aliphatic carbocycles. The van der Waals surface area contributed by atoms with E-state index in [1.54, 1.807) is 19.1 Å². The second-order valence-corrected chi connectivity index (χ2v) is 9.10. The number of rotatable bonds is 4. The van der Waals surface area contributed by atoms with Crippen molar-refractivity contribution in [2.45, 2.75) is 44.4 Å². The Kier molecular flexibility index (Phi) is 5.66. The molecule has 1 unspecified atom stereocenters. The van der Waals surface area contributed by atoms with E-state index in [0.717, 1.165) is 33.8 Å². The number of carbonyl (C=O) groups is 1. The normalized spacial score (nSPS) is 18.7. The van der Waals surface area contributed by atoms with Crippen LogP contribution in [0.2, 0.25) is 0 Å². The molecule has 1 aliphatic heterocycles. The van der Waals surface area contributed by atoms with Gasteiger partial charge in [-0.15, -0.1) is 0 Å². The minimum Gasteiger partial charge on any atom is -0.462 e. The molecule has 3 nitrogen and oxygen atoms in total. The molecule has 0 saturated heterocycles. The first-order valence-corrected chi connectivity index (χ1v) is 10.6. The molecule has 2 aromatic carbocycles. The Bertz CT molecular complexity index is 908. The minimum atomic E-state index is -0.893. The van der Waals surface area contributed by atoms with E-state index in [1.807, 2.05) is 18.2 Å². The molecule has 3 rings (SSSR count). The monoisotopic (exact) mass is 382 g/mol. The third-order valence-corrected chi connectivity index (χ3v) is 6.55. The molecular weight excluding hydrogens is 356 g/mol. The highest BCUT2D eigenvalue weighted by molar-refractivity contribution is 7.85. The Labute approximate surface area is 163 Å². The van der Waals surface area contributed by atoms with Gasteiger partial charge in [-0.3, -0.25) is 4.21 Å². The van der Waals surface area contributed by atoms with Crippen molar-refractivity contribution in [2.24, 2.45) is 0 Å². The van der Waals surface area contributed by atoms with E-state index in [4.69, 9.17) is 4.74 Å². The van der Waals surface area contributed by atoms with Gasteiger partial charge < -0.3 is 4.74 Å². The van der Waals surface area contributed by atoms with Crippen molar-refractivity contribution in [1.29, 1.82) is 0 Å². The fourth-order valence-electron chi connectivity index (χ4n) is 3.36. The van der Waals surface area contributed by atoms with Crippen molar-refractivity contribution in [3.05, 3.63) is 64.7 Å². The van der Waals surface area contributed by atoms with Crippen LogP contribution in [0.5, 0.6) is 0 Å². The van der Waals surface area contributed by atoms with Gasteiger partial charge in [-0.2, -0.15) is 0 Å². The topological polar surface area (TPSA) is 43.4 Å². The molecule has 0 bridgehead atoms. The summed E-state index contributed by atoms with van der Waals surface area (Å²) in [7, 11) is -0.893. The summed E-state index contributed by atoms with van der Waals surface area (Å²) in [4.78, 5) is 12.7. The highest BCUT2D eigenvalue weighted by Crippen LogP contribution is 2.38. The smallest absolute Gasteiger partial charge is 0.338 e. The summed E-state index contributed by atoms with van der Waals surface area (Å²) in [5.41, 5.74) is 5.09. The van der Waals surface area contributed by atoms with Crippen LogP contribution in [-0.2, 0) is 21.0 Å². The molecule has 0 fully saturated rings. The van der Waals surface area contributed by atoms with Crippen LogP contribution in [0.4, 0.5) is 0 Å². The zero-order chi connectivity index (χ0) is 19.6. The maximum absolute atomic E-state index is 12.3. The number of esters is 1. The first-order chi connectivity index (χ1) is 12.8. The number of ether oxygens (including phenoxy) is 1. The van der Waals surface area contributed by atoms with Gasteiger partial charge in [-0.1, -0.05) is 38.1 Å². The summed E-state index contributed by atoms with van der Waals surface area (Å²) in [5.74, 6) is 0.440. The summed E-state index contributed by atoms with van der Waals surface area (Å²) in [6, 6.07) is 13.7. The standard InChI is InChI=1S/C23H26O3S/c1-5-26-22(24)18-8-6-17(7-9-18)14-16(2)19-10-11-21-20(15-19)23(3,4)12-13-27(21)25/h6-11,14-15H,5,12-13H2,1-4H3/b16-14+. The SMILES string of the molecule is CCOC(=O)c1ccc(/C=C(\C)c2ccc3c(c2)C(C)(C)CCS3=O)cc1. The molecular formula is C23H26O3S. The summed E-state index contributed by atoms with van der Waals surface area (Å²) in [6.07, 6.45) is 3.04. The number of hydrogen-bond donors (Lipinski definition) is 0. The molecule has 27 heavy (non-hydrogen) atoms. The Morgan fingerprint density at radius 1 is 1.15 bits per heavy atom. The van der Waals surface area contributed by atoms with Crippen LogP contribution >= 0.6 is 0 Å². The lowest BCUT2D eigenvalue weighted by molar-refractivity contribution is 0.0526. The van der Waals surface area contributed by atoms with Gasteiger partial charge in [-0.05, 0) is 72.2 Å². The van der Waals surface area contributed by atoms with Crippen LogP contribution in [-0.4, -0.2) is 22.5 Å². The van der Waals surface area contributed by atoms with Gasteiger partial charge in [0.25, 0.3) is 0 Å². The lowest BCUT2D eigenvalue weighted by Gasteiger charge is -2.32. The Morgan fingerprint density at radius 2 is 1.81 bits per heavy atom. The highest BCUT2D eigenvalue weighted by atomic mass is 32.2. The maximum Gasteiger partial charge on any atom is 0.338 e. The Morgan fingerprint density at radius 3 is 2.48 bits per heavy atom. The van der Waals surface area contributed by atoms with E-state index in [2.05, 4.69) is 39.0 Å². The molecule has 142 valence electrons. The average molecular weight is 383 g/mol. The van der Waals surface area contributed by atoms with Gasteiger partial charge in [0, 0.05) is 10.6 Å². The van der Waals surface area contributed by atoms with E-state index in [0.29, 0.717) is 12.2 Å². The number of benzene rings is 2. The third kappa shape index (κ3) is 4.22. The van der Waals surface area contributed by atoms with Crippen LogP contribution in [0.1, 0.15) is 61.2 Å². The van der Waals surface area contributed by atoms with Crippen LogP contribution in [0.25, 0.3) is 11.6 Å².